The number of pyridine rings is 1. The first-order valence-corrected chi connectivity index (χ1v) is 4.07. The zero-order chi connectivity index (χ0) is 9.84. The van der Waals surface area contributed by atoms with Gasteiger partial charge in [0, 0.05) is 11.6 Å². The highest BCUT2D eigenvalue weighted by atomic mass is 19.1. The zero-order valence-electron chi connectivity index (χ0n) is 7.75. The highest BCUT2D eigenvalue weighted by Gasteiger charge is 2.07. The minimum atomic E-state index is -0.364. The van der Waals surface area contributed by atoms with Crippen LogP contribution in [0, 0.1) is 5.82 Å². The van der Waals surface area contributed by atoms with Crippen LogP contribution in [0.15, 0.2) is 12.3 Å². The van der Waals surface area contributed by atoms with E-state index in [1.807, 2.05) is 6.92 Å². The summed E-state index contributed by atoms with van der Waals surface area (Å²) >= 11 is 0. The Hall–Kier alpha value is -1.16. The van der Waals surface area contributed by atoms with Crippen LogP contribution < -0.4 is 10.5 Å². The molecule has 0 bridgehead atoms. The molecule has 0 saturated carbocycles. The Morgan fingerprint density at radius 2 is 2.38 bits per heavy atom. The molecule has 1 aromatic heterocycles. The third-order valence-electron chi connectivity index (χ3n) is 1.63. The molecule has 0 spiro atoms. The van der Waals surface area contributed by atoms with Gasteiger partial charge in [-0.2, -0.15) is 0 Å². The molecule has 3 nitrogen and oxygen atoms in total. The van der Waals surface area contributed by atoms with Gasteiger partial charge in [-0.15, -0.1) is 0 Å². The number of rotatable bonds is 3. The SMILES string of the molecule is COc1ncc(F)cc1CC(C)N. The Morgan fingerprint density at radius 3 is 2.92 bits per heavy atom. The van der Waals surface area contributed by atoms with E-state index in [4.69, 9.17) is 10.5 Å². The maximum atomic E-state index is 12.8. The molecular formula is C9H13FN2O. The van der Waals surface area contributed by atoms with Crippen molar-refractivity contribution in [1.29, 1.82) is 0 Å². The van der Waals surface area contributed by atoms with Gasteiger partial charge in [-0.25, -0.2) is 9.37 Å². The van der Waals surface area contributed by atoms with Crippen molar-refractivity contribution in [3.05, 3.63) is 23.6 Å². The van der Waals surface area contributed by atoms with Crippen molar-refractivity contribution in [2.75, 3.05) is 7.11 Å². The second-order valence-corrected chi connectivity index (χ2v) is 3.00. The van der Waals surface area contributed by atoms with Crippen LogP contribution in [0.4, 0.5) is 4.39 Å². The largest absolute Gasteiger partial charge is 0.481 e. The normalized spacial score (nSPS) is 12.6. The summed E-state index contributed by atoms with van der Waals surface area (Å²) in [5, 5.41) is 0. The zero-order valence-corrected chi connectivity index (χ0v) is 7.75. The molecule has 0 aliphatic rings. The molecule has 4 heteroatoms. The van der Waals surface area contributed by atoms with Gasteiger partial charge in [-0.05, 0) is 19.4 Å². The predicted molar refractivity (Wildman–Crippen MR) is 48.1 cm³/mol. The van der Waals surface area contributed by atoms with Gasteiger partial charge >= 0.3 is 0 Å². The third kappa shape index (κ3) is 2.66. The van der Waals surface area contributed by atoms with E-state index in [0.29, 0.717) is 17.9 Å². The third-order valence-corrected chi connectivity index (χ3v) is 1.63. The van der Waals surface area contributed by atoms with E-state index in [2.05, 4.69) is 4.98 Å². The lowest BCUT2D eigenvalue weighted by atomic mass is 10.1. The van der Waals surface area contributed by atoms with Gasteiger partial charge in [0.1, 0.15) is 5.82 Å². The molecule has 0 amide bonds. The molecule has 1 unspecified atom stereocenters. The fourth-order valence-electron chi connectivity index (χ4n) is 1.15. The van der Waals surface area contributed by atoms with Crippen LogP contribution in [-0.4, -0.2) is 18.1 Å². The minimum absolute atomic E-state index is 0.0301. The Labute approximate surface area is 76.7 Å². The second kappa shape index (κ2) is 4.18. The van der Waals surface area contributed by atoms with Crippen molar-refractivity contribution in [3.63, 3.8) is 0 Å². The molecular weight excluding hydrogens is 171 g/mol. The number of nitrogens with zero attached hydrogens (tertiary/aromatic N) is 1. The highest BCUT2D eigenvalue weighted by Crippen LogP contribution is 2.16. The number of methoxy groups -OCH3 is 1. The van der Waals surface area contributed by atoms with E-state index in [0.717, 1.165) is 6.20 Å². The molecule has 0 saturated heterocycles. The van der Waals surface area contributed by atoms with Crippen LogP contribution in [-0.2, 0) is 6.42 Å². The first-order valence-electron chi connectivity index (χ1n) is 4.07. The van der Waals surface area contributed by atoms with Gasteiger partial charge in [0.05, 0.1) is 13.3 Å². The molecule has 13 heavy (non-hydrogen) atoms. The Balaban J connectivity index is 2.94. The van der Waals surface area contributed by atoms with Crippen molar-refractivity contribution in [1.82, 2.24) is 4.98 Å². The van der Waals surface area contributed by atoms with Crippen molar-refractivity contribution >= 4 is 0 Å². The Bertz CT molecular complexity index is 289. The number of nitrogens with two attached hydrogens (primary N) is 1. The highest BCUT2D eigenvalue weighted by molar-refractivity contribution is 5.26. The lowest BCUT2D eigenvalue weighted by molar-refractivity contribution is 0.389. The smallest absolute Gasteiger partial charge is 0.216 e. The second-order valence-electron chi connectivity index (χ2n) is 3.00. The Morgan fingerprint density at radius 1 is 1.69 bits per heavy atom. The van der Waals surface area contributed by atoms with E-state index in [9.17, 15) is 4.39 Å². The lowest BCUT2D eigenvalue weighted by Gasteiger charge is -2.08. The van der Waals surface area contributed by atoms with Gasteiger partial charge < -0.3 is 10.5 Å². The maximum absolute atomic E-state index is 12.8. The van der Waals surface area contributed by atoms with Crippen molar-refractivity contribution < 1.29 is 9.13 Å². The van der Waals surface area contributed by atoms with Crippen LogP contribution >= 0.6 is 0 Å². The van der Waals surface area contributed by atoms with Crippen LogP contribution in [0.3, 0.4) is 0 Å². The molecule has 2 N–H and O–H groups in total. The molecule has 1 aromatic rings. The summed E-state index contributed by atoms with van der Waals surface area (Å²) in [6, 6.07) is 1.37. The molecule has 0 fully saturated rings. The summed E-state index contributed by atoms with van der Waals surface area (Å²) in [5.41, 5.74) is 6.30. The van der Waals surface area contributed by atoms with E-state index in [1.165, 1.54) is 13.2 Å². The molecule has 1 atom stereocenters. The van der Waals surface area contributed by atoms with Crippen LogP contribution in [0.5, 0.6) is 5.88 Å². The molecule has 0 aromatic carbocycles. The average Bonchev–Trinajstić information content (AvgIpc) is 2.03. The maximum Gasteiger partial charge on any atom is 0.216 e. The summed E-state index contributed by atoms with van der Waals surface area (Å²) in [4.78, 5) is 3.80. The summed E-state index contributed by atoms with van der Waals surface area (Å²) < 4.78 is 17.7. The van der Waals surface area contributed by atoms with E-state index in [-0.39, 0.29) is 11.9 Å². The monoisotopic (exact) mass is 184 g/mol. The van der Waals surface area contributed by atoms with Crippen molar-refractivity contribution in [3.8, 4) is 5.88 Å². The summed E-state index contributed by atoms with van der Waals surface area (Å²) in [6.07, 6.45) is 1.69. The van der Waals surface area contributed by atoms with Gasteiger partial charge in [-0.1, -0.05) is 0 Å². The number of aromatic nitrogens is 1. The first kappa shape index (κ1) is 9.92. The van der Waals surface area contributed by atoms with Crippen molar-refractivity contribution in [2.24, 2.45) is 5.73 Å². The number of hydrogen-bond acceptors (Lipinski definition) is 3. The fraction of sp³-hybridized carbons (Fsp3) is 0.444. The molecule has 0 radical (unpaired) electrons. The van der Waals surface area contributed by atoms with Crippen molar-refractivity contribution in [2.45, 2.75) is 19.4 Å². The summed E-state index contributed by atoms with van der Waals surface area (Å²) in [6.45, 7) is 1.85. The topological polar surface area (TPSA) is 48.1 Å². The molecule has 1 heterocycles. The minimum Gasteiger partial charge on any atom is -0.481 e. The predicted octanol–water partition coefficient (Wildman–Crippen LogP) is 1.12. The van der Waals surface area contributed by atoms with Gasteiger partial charge in [0.2, 0.25) is 5.88 Å². The first-order chi connectivity index (χ1) is 6.13. The van der Waals surface area contributed by atoms with Gasteiger partial charge in [0.25, 0.3) is 0 Å². The molecule has 0 aliphatic heterocycles. The summed E-state index contributed by atoms with van der Waals surface area (Å²) in [7, 11) is 1.50. The fourth-order valence-corrected chi connectivity index (χ4v) is 1.15. The standard InChI is InChI=1S/C9H13FN2O/c1-6(11)3-7-4-8(10)5-12-9(7)13-2/h4-6H,3,11H2,1-2H3. The molecule has 0 aliphatic carbocycles. The van der Waals surface area contributed by atoms with E-state index >= 15 is 0 Å². The molecule has 1 rings (SSSR count). The quantitative estimate of drug-likeness (QED) is 0.765. The number of hydrogen-bond donors (Lipinski definition) is 1. The van der Waals surface area contributed by atoms with Gasteiger partial charge in [0.15, 0.2) is 0 Å². The van der Waals surface area contributed by atoms with Gasteiger partial charge in [-0.3, -0.25) is 0 Å². The van der Waals surface area contributed by atoms with Crippen LogP contribution in [0.1, 0.15) is 12.5 Å². The Kier molecular flexibility index (Phi) is 3.19. The number of ether oxygens (including phenoxy) is 1. The van der Waals surface area contributed by atoms with E-state index in [1.54, 1.807) is 0 Å². The lowest BCUT2D eigenvalue weighted by Crippen LogP contribution is -2.18. The number of halogens is 1. The van der Waals surface area contributed by atoms with E-state index < -0.39 is 0 Å². The summed E-state index contributed by atoms with van der Waals surface area (Å²) in [5.74, 6) is 0.0788. The van der Waals surface area contributed by atoms with Crippen LogP contribution in [0.2, 0.25) is 0 Å². The average molecular weight is 184 g/mol. The molecule has 72 valence electrons. The van der Waals surface area contributed by atoms with Crippen LogP contribution in [0.25, 0.3) is 0 Å².